The van der Waals surface area contributed by atoms with Crippen LogP contribution in [0.3, 0.4) is 0 Å². The van der Waals surface area contributed by atoms with Crippen molar-refractivity contribution in [1.29, 1.82) is 0 Å². The van der Waals surface area contributed by atoms with E-state index >= 15 is 0 Å². The van der Waals surface area contributed by atoms with Crippen LogP contribution in [0, 0.1) is 5.82 Å². The molecular formula is C12H12FN3O. The number of hydrogen-bond acceptors (Lipinski definition) is 4. The third-order valence-corrected chi connectivity index (χ3v) is 2.05. The van der Waals surface area contributed by atoms with Crippen molar-refractivity contribution in [3.05, 3.63) is 36.7 Å². The Labute approximate surface area is 98.5 Å². The highest BCUT2D eigenvalue weighted by Gasteiger charge is 2.08. The lowest BCUT2D eigenvalue weighted by Gasteiger charge is -2.10. The molecule has 0 saturated carbocycles. The molecule has 0 saturated heterocycles. The first-order valence-electron chi connectivity index (χ1n) is 5.25. The van der Waals surface area contributed by atoms with Crippen LogP contribution >= 0.6 is 0 Å². The van der Waals surface area contributed by atoms with Crippen molar-refractivity contribution < 1.29 is 9.13 Å². The van der Waals surface area contributed by atoms with Gasteiger partial charge < -0.3 is 4.74 Å². The van der Waals surface area contributed by atoms with E-state index in [2.05, 4.69) is 15.0 Å². The number of ether oxygens (including phenoxy) is 1. The van der Waals surface area contributed by atoms with Crippen molar-refractivity contribution in [2.24, 2.45) is 0 Å². The van der Waals surface area contributed by atoms with Gasteiger partial charge in [-0.3, -0.25) is 0 Å². The van der Waals surface area contributed by atoms with Crippen LogP contribution in [-0.4, -0.2) is 21.1 Å². The fraction of sp³-hybridized carbons (Fsp3) is 0.250. The lowest BCUT2D eigenvalue weighted by molar-refractivity contribution is 0.231. The van der Waals surface area contributed by atoms with Gasteiger partial charge in [-0.1, -0.05) is 0 Å². The fourth-order valence-corrected chi connectivity index (χ4v) is 1.38. The molecule has 0 bridgehead atoms. The highest BCUT2D eigenvalue weighted by Crippen LogP contribution is 2.23. The maximum Gasteiger partial charge on any atom is 0.165 e. The highest BCUT2D eigenvalue weighted by atomic mass is 19.1. The first kappa shape index (κ1) is 11.4. The Hall–Kier alpha value is -2.04. The zero-order valence-electron chi connectivity index (χ0n) is 9.59. The zero-order chi connectivity index (χ0) is 12.3. The normalized spacial score (nSPS) is 10.6. The predicted octanol–water partition coefficient (Wildman–Crippen LogP) is 2.46. The number of rotatable bonds is 3. The Balaban J connectivity index is 2.31. The summed E-state index contributed by atoms with van der Waals surface area (Å²) in [6, 6.07) is 4.65. The number of hydrogen-bond donors (Lipinski definition) is 0. The Morgan fingerprint density at radius 3 is 2.47 bits per heavy atom. The first-order valence-corrected chi connectivity index (χ1v) is 5.25. The van der Waals surface area contributed by atoms with Crippen molar-refractivity contribution in [1.82, 2.24) is 15.0 Å². The van der Waals surface area contributed by atoms with E-state index in [1.54, 1.807) is 12.1 Å². The van der Waals surface area contributed by atoms with Gasteiger partial charge in [0.05, 0.1) is 6.10 Å². The second kappa shape index (κ2) is 4.86. The number of aromatic nitrogens is 3. The van der Waals surface area contributed by atoms with Gasteiger partial charge in [0.2, 0.25) is 0 Å². The van der Waals surface area contributed by atoms with Crippen LogP contribution in [0.2, 0.25) is 0 Å². The first-order chi connectivity index (χ1) is 8.16. The molecule has 0 aliphatic carbocycles. The third kappa shape index (κ3) is 2.75. The molecule has 1 aromatic carbocycles. The van der Waals surface area contributed by atoms with E-state index in [4.69, 9.17) is 4.74 Å². The maximum absolute atomic E-state index is 13.7. The third-order valence-electron chi connectivity index (χ3n) is 2.05. The summed E-state index contributed by atoms with van der Waals surface area (Å²) in [7, 11) is 0. The zero-order valence-corrected chi connectivity index (χ0v) is 9.59. The quantitative estimate of drug-likeness (QED) is 0.817. The van der Waals surface area contributed by atoms with Crippen molar-refractivity contribution in [2.75, 3.05) is 0 Å². The van der Waals surface area contributed by atoms with Gasteiger partial charge in [0.1, 0.15) is 12.7 Å². The molecule has 1 heterocycles. The molecule has 0 spiro atoms. The maximum atomic E-state index is 13.7. The average Bonchev–Trinajstić information content (AvgIpc) is 2.32. The largest absolute Gasteiger partial charge is 0.488 e. The van der Waals surface area contributed by atoms with Gasteiger partial charge in [0, 0.05) is 5.56 Å². The molecule has 1 aromatic heterocycles. The van der Waals surface area contributed by atoms with E-state index in [1.807, 2.05) is 13.8 Å². The molecule has 0 amide bonds. The molecule has 0 fully saturated rings. The van der Waals surface area contributed by atoms with Crippen LogP contribution in [-0.2, 0) is 0 Å². The van der Waals surface area contributed by atoms with Gasteiger partial charge in [0.15, 0.2) is 17.4 Å². The molecule has 0 atom stereocenters. The molecule has 2 aromatic rings. The molecule has 2 rings (SSSR count). The van der Waals surface area contributed by atoms with Crippen LogP contribution in [0.25, 0.3) is 11.4 Å². The van der Waals surface area contributed by atoms with Crippen LogP contribution in [0.1, 0.15) is 13.8 Å². The van der Waals surface area contributed by atoms with Crippen LogP contribution in [0.5, 0.6) is 5.75 Å². The summed E-state index contributed by atoms with van der Waals surface area (Å²) in [5.74, 6) is 0.254. The van der Waals surface area contributed by atoms with Gasteiger partial charge in [0.25, 0.3) is 0 Å². The van der Waals surface area contributed by atoms with Crippen LogP contribution < -0.4 is 4.74 Å². The standard InChI is InChI=1S/C12H12FN3O/c1-8(2)17-11-4-3-9(5-10(11)13)12-15-6-14-7-16-12/h3-8H,1-2H3. The van der Waals surface area contributed by atoms with E-state index < -0.39 is 5.82 Å². The molecule has 0 aliphatic rings. The Kier molecular flexibility index (Phi) is 3.27. The SMILES string of the molecule is CC(C)Oc1ccc(-c2ncncn2)cc1F. The number of nitrogens with zero attached hydrogens (tertiary/aromatic N) is 3. The molecular weight excluding hydrogens is 221 g/mol. The molecule has 0 radical (unpaired) electrons. The number of benzene rings is 1. The van der Waals surface area contributed by atoms with Gasteiger partial charge in [-0.15, -0.1) is 0 Å². The van der Waals surface area contributed by atoms with E-state index in [1.165, 1.54) is 18.7 Å². The van der Waals surface area contributed by atoms with E-state index in [9.17, 15) is 4.39 Å². The molecule has 0 N–H and O–H groups in total. The lowest BCUT2D eigenvalue weighted by atomic mass is 10.2. The fourth-order valence-electron chi connectivity index (χ4n) is 1.38. The van der Waals surface area contributed by atoms with Gasteiger partial charge in [-0.2, -0.15) is 0 Å². The summed E-state index contributed by atoms with van der Waals surface area (Å²) >= 11 is 0. The van der Waals surface area contributed by atoms with Gasteiger partial charge in [-0.05, 0) is 32.0 Å². The highest BCUT2D eigenvalue weighted by molar-refractivity contribution is 5.55. The topological polar surface area (TPSA) is 47.9 Å². The molecule has 5 heteroatoms. The van der Waals surface area contributed by atoms with Crippen molar-refractivity contribution in [3.63, 3.8) is 0 Å². The molecule has 17 heavy (non-hydrogen) atoms. The van der Waals surface area contributed by atoms with Crippen LogP contribution in [0.4, 0.5) is 4.39 Å². The minimum atomic E-state index is -0.420. The summed E-state index contributed by atoms with van der Waals surface area (Å²) in [6.45, 7) is 3.69. The smallest absolute Gasteiger partial charge is 0.165 e. The summed E-state index contributed by atoms with van der Waals surface area (Å²) in [6.07, 6.45) is 2.69. The predicted molar refractivity (Wildman–Crippen MR) is 61.0 cm³/mol. The summed E-state index contributed by atoms with van der Waals surface area (Å²) in [5.41, 5.74) is 0.598. The second-order valence-corrected chi connectivity index (χ2v) is 3.77. The molecule has 0 aliphatic heterocycles. The minimum absolute atomic E-state index is 0.0625. The van der Waals surface area contributed by atoms with Crippen molar-refractivity contribution in [2.45, 2.75) is 20.0 Å². The second-order valence-electron chi connectivity index (χ2n) is 3.77. The van der Waals surface area contributed by atoms with E-state index in [0.717, 1.165) is 0 Å². The summed E-state index contributed by atoms with van der Waals surface area (Å²) in [4.78, 5) is 11.6. The monoisotopic (exact) mass is 233 g/mol. The minimum Gasteiger partial charge on any atom is -0.488 e. The van der Waals surface area contributed by atoms with E-state index in [0.29, 0.717) is 11.4 Å². The Morgan fingerprint density at radius 2 is 1.88 bits per heavy atom. The Morgan fingerprint density at radius 1 is 1.18 bits per heavy atom. The van der Waals surface area contributed by atoms with E-state index in [-0.39, 0.29) is 11.9 Å². The van der Waals surface area contributed by atoms with Crippen molar-refractivity contribution in [3.8, 4) is 17.1 Å². The van der Waals surface area contributed by atoms with Crippen LogP contribution in [0.15, 0.2) is 30.9 Å². The number of halogens is 1. The van der Waals surface area contributed by atoms with Gasteiger partial charge in [-0.25, -0.2) is 19.3 Å². The summed E-state index contributed by atoms with van der Waals surface area (Å²) in [5, 5.41) is 0. The summed E-state index contributed by atoms with van der Waals surface area (Å²) < 4.78 is 19.0. The molecule has 4 nitrogen and oxygen atoms in total. The average molecular weight is 233 g/mol. The Bertz CT molecular complexity index is 502. The van der Waals surface area contributed by atoms with Gasteiger partial charge >= 0.3 is 0 Å². The molecule has 0 unspecified atom stereocenters. The van der Waals surface area contributed by atoms with Crippen molar-refractivity contribution >= 4 is 0 Å². The lowest BCUT2D eigenvalue weighted by Crippen LogP contribution is -2.06. The molecule has 88 valence electrons.